The number of aromatic nitrogens is 4. The Balaban J connectivity index is 2.84. The standard InChI is InChI=1S/C13H21N4/c1-12(2,3)16-9-10-11(15-8-7-14-10)17(16)13(4,5)6/h7-9H,1-6H3/q+1. The molecule has 0 bridgehead atoms. The van der Waals surface area contributed by atoms with Crippen LogP contribution in [-0.4, -0.2) is 14.6 Å². The zero-order chi connectivity index (χ0) is 12.8. The molecule has 17 heavy (non-hydrogen) atoms. The smallest absolute Gasteiger partial charge is 0.224 e. The summed E-state index contributed by atoms with van der Waals surface area (Å²) in [7, 11) is 0. The maximum Gasteiger partial charge on any atom is 0.224 e. The van der Waals surface area contributed by atoms with Crippen LogP contribution >= 0.6 is 0 Å². The minimum Gasteiger partial charge on any atom is -0.245 e. The molecule has 0 fully saturated rings. The molecule has 4 heteroatoms. The van der Waals surface area contributed by atoms with Gasteiger partial charge in [0.1, 0.15) is 0 Å². The molecule has 2 rings (SSSR count). The van der Waals surface area contributed by atoms with Gasteiger partial charge in [0.05, 0.1) is 5.54 Å². The van der Waals surface area contributed by atoms with Gasteiger partial charge in [0.25, 0.3) is 0 Å². The van der Waals surface area contributed by atoms with Crippen LogP contribution in [0.1, 0.15) is 41.5 Å². The lowest BCUT2D eigenvalue weighted by atomic mass is 10.1. The third kappa shape index (κ3) is 2.04. The van der Waals surface area contributed by atoms with Crippen LogP contribution in [0.4, 0.5) is 0 Å². The van der Waals surface area contributed by atoms with Gasteiger partial charge in [0.2, 0.25) is 11.8 Å². The lowest BCUT2D eigenvalue weighted by Gasteiger charge is -2.23. The Kier molecular flexibility index (Phi) is 2.49. The number of hydrogen-bond donors (Lipinski definition) is 0. The molecule has 92 valence electrons. The van der Waals surface area contributed by atoms with E-state index in [1.807, 2.05) is 0 Å². The Morgan fingerprint density at radius 2 is 1.59 bits per heavy atom. The van der Waals surface area contributed by atoms with Gasteiger partial charge in [-0.05, 0) is 20.8 Å². The van der Waals surface area contributed by atoms with E-state index in [-0.39, 0.29) is 11.1 Å². The van der Waals surface area contributed by atoms with E-state index in [0.717, 1.165) is 11.2 Å². The lowest BCUT2D eigenvalue weighted by molar-refractivity contribution is -0.828. The van der Waals surface area contributed by atoms with E-state index in [4.69, 9.17) is 0 Å². The summed E-state index contributed by atoms with van der Waals surface area (Å²) in [5, 5.41) is 0. The summed E-state index contributed by atoms with van der Waals surface area (Å²) in [5.41, 5.74) is 1.87. The molecule has 0 unspecified atom stereocenters. The molecule has 2 aromatic heterocycles. The highest BCUT2D eigenvalue weighted by molar-refractivity contribution is 5.67. The van der Waals surface area contributed by atoms with Crippen LogP contribution in [0.2, 0.25) is 0 Å². The number of rotatable bonds is 0. The molecule has 0 saturated carbocycles. The van der Waals surface area contributed by atoms with Crippen molar-refractivity contribution in [2.45, 2.75) is 52.6 Å². The zero-order valence-corrected chi connectivity index (χ0v) is 11.5. The summed E-state index contributed by atoms with van der Waals surface area (Å²) in [5.74, 6) is 0. The highest BCUT2D eigenvalue weighted by Crippen LogP contribution is 2.20. The lowest BCUT2D eigenvalue weighted by Crippen LogP contribution is -2.59. The minimum absolute atomic E-state index is 0.00958. The van der Waals surface area contributed by atoms with Crippen molar-refractivity contribution in [3.05, 3.63) is 18.6 Å². The molecule has 0 atom stereocenters. The van der Waals surface area contributed by atoms with Crippen molar-refractivity contribution in [2.75, 3.05) is 0 Å². The zero-order valence-electron chi connectivity index (χ0n) is 11.5. The highest BCUT2D eigenvalue weighted by atomic mass is 15.5. The number of fused-ring (bicyclic) bond motifs is 1. The van der Waals surface area contributed by atoms with E-state index in [1.165, 1.54) is 0 Å². The third-order valence-corrected chi connectivity index (χ3v) is 2.69. The molecular weight excluding hydrogens is 212 g/mol. The van der Waals surface area contributed by atoms with Gasteiger partial charge < -0.3 is 0 Å². The van der Waals surface area contributed by atoms with Gasteiger partial charge in [-0.25, -0.2) is 9.97 Å². The van der Waals surface area contributed by atoms with Gasteiger partial charge in [-0.1, -0.05) is 0 Å². The van der Waals surface area contributed by atoms with E-state index < -0.39 is 0 Å². The average molecular weight is 233 g/mol. The summed E-state index contributed by atoms with van der Waals surface area (Å²) in [6, 6.07) is 0. The fourth-order valence-electron chi connectivity index (χ4n) is 2.01. The molecule has 0 aromatic carbocycles. The van der Waals surface area contributed by atoms with Crippen molar-refractivity contribution in [1.82, 2.24) is 14.6 Å². The molecule has 0 amide bonds. The summed E-state index contributed by atoms with van der Waals surface area (Å²) in [6.45, 7) is 13.1. The van der Waals surface area contributed by atoms with Crippen LogP contribution in [0.25, 0.3) is 11.2 Å². The first-order chi connectivity index (χ1) is 7.71. The molecule has 0 aliphatic rings. The second kappa shape index (κ2) is 3.52. The second-order valence-corrected chi connectivity index (χ2v) is 6.39. The van der Waals surface area contributed by atoms with Crippen molar-refractivity contribution in [3.63, 3.8) is 0 Å². The molecule has 4 nitrogen and oxygen atoms in total. The highest BCUT2D eigenvalue weighted by Gasteiger charge is 2.35. The predicted octanol–water partition coefficient (Wildman–Crippen LogP) is 2.23. The summed E-state index contributed by atoms with van der Waals surface area (Å²) >= 11 is 0. The molecule has 0 aliphatic heterocycles. The van der Waals surface area contributed by atoms with Gasteiger partial charge in [-0.3, -0.25) is 0 Å². The Morgan fingerprint density at radius 1 is 1.00 bits per heavy atom. The van der Waals surface area contributed by atoms with Gasteiger partial charge in [-0.2, -0.15) is 0 Å². The Labute approximate surface area is 102 Å². The summed E-state index contributed by atoms with van der Waals surface area (Å²) < 4.78 is 4.44. The molecule has 2 heterocycles. The predicted molar refractivity (Wildman–Crippen MR) is 67.7 cm³/mol. The first kappa shape index (κ1) is 12.0. The fourth-order valence-corrected chi connectivity index (χ4v) is 2.01. The normalized spacial score (nSPS) is 13.3. The fraction of sp³-hybridized carbons (Fsp3) is 0.615. The molecule has 0 saturated heterocycles. The van der Waals surface area contributed by atoms with E-state index in [9.17, 15) is 0 Å². The SMILES string of the molecule is CC(C)(C)n1c2nccnc2c[n+]1C(C)(C)C. The van der Waals surface area contributed by atoms with Crippen molar-refractivity contribution >= 4 is 11.2 Å². The van der Waals surface area contributed by atoms with Gasteiger partial charge in [-0.15, -0.1) is 9.36 Å². The van der Waals surface area contributed by atoms with Crippen molar-refractivity contribution in [1.29, 1.82) is 0 Å². The van der Waals surface area contributed by atoms with E-state index >= 15 is 0 Å². The van der Waals surface area contributed by atoms with Crippen molar-refractivity contribution in [3.8, 4) is 0 Å². The maximum atomic E-state index is 4.46. The largest absolute Gasteiger partial charge is 0.245 e. The maximum absolute atomic E-state index is 4.46. The summed E-state index contributed by atoms with van der Waals surface area (Å²) in [4.78, 5) is 8.85. The second-order valence-electron chi connectivity index (χ2n) is 6.39. The molecule has 0 N–H and O–H groups in total. The molecule has 2 aromatic rings. The minimum atomic E-state index is -0.0228. The first-order valence-electron chi connectivity index (χ1n) is 5.96. The van der Waals surface area contributed by atoms with Crippen LogP contribution < -0.4 is 4.68 Å². The first-order valence-corrected chi connectivity index (χ1v) is 5.96. The van der Waals surface area contributed by atoms with Crippen LogP contribution in [-0.2, 0) is 11.1 Å². The average Bonchev–Trinajstić information content (AvgIpc) is 2.54. The van der Waals surface area contributed by atoms with Gasteiger partial charge in [0.15, 0.2) is 11.1 Å². The van der Waals surface area contributed by atoms with Crippen molar-refractivity contribution < 1.29 is 4.68 Å². The molecule has 0 aliphatic carbocycles. The Bertz CT molecular complexity index is 541. The Morgan fingerprint density at radius 3 is 2.12 bits per heavy atom. The van der Waals surface area contributed by atoms with E-state index in [0.29, 0.717) is 0 Å². The number of hydrogen-bond acceptors (Lipinski definition) is 2. The van der Waals surface area contributed by atoms with E-state index in [2.05, 4.69) is 67.1 Å². The van der Waals surface area contributed by atoms with Crippen LogP contribution in [0.5, 0.6) is 0 Å². The van der Waals surface area contributed by atoms with E-state index in [1.54, 1.807) is 12.4 Å². The monoisotopic (exact) mass is 233 g/mol. The van der Waals surface area contributed by atoms with Crippen molar-refractivity contribution in [2.24, 2.45) is 0 Å². The summed E-state index contributed by atoms with van der Waals surface area (Å²) in [6.07, 6.45) is 5.56. The van der Waals surface area contributed by atoms with Crippen LogP contribution in [0, 0.1) is 0 Å². The van der Waals surface area contributed by atoms with Gasteiger partial charge >= 0.3 is 0 Å². The van der Waals surface area contributed by atoms with Crippen LogP contribution in [0.15, 0.2) is 18.6 Å². The quantitative estimate of drug-likeness (QED) is 0.654. The number of nitrogens with zero attached hydrogens (tertiary/aromatic N) is 4. The Hall–Kier alpha value is -1.45. The van der Waals surface area contributed by atoms with Gasteiger partial charge in [0, 0.05) is 33.2 Å². The third-order valence-electron chi connectivity index (χ3n) is 2.69. The molecular formula is C13H21N4+. The topological polar surface area (TPSA) is 34.6 Å². The molecule has 0 radical (unpaired) electrons. The molecule has 0 spiro atoms. The van der Waals surface area contributed by atoms with Crippen LogP contribution in [0.3, 0.4) is 0 Å².